The Labute approximate surface area is 102 Å². The van der Waals surface area contributed by atoms with Crippen molar-refractivity contribution in [2.45, 2.75) is 71.4 Å². The first-order chi connectivity index (χ1) is 7.69. The molecular weight excluding hydrogens is 196 g/mol. The standard InChI is InChI=1S/C14H30N2/c1-4-6-10-16(12(3)5-2)11-13-8-7-9-14(13)15/h12-14H,4-11,15H2,1-3H3. The molecule has 0 amide bonds. The molecule has 0 saturated heterocycles. The van der Waals surface area contributed by atoms with Crippen LogP contribution in [0.2, 0.25) is 0 Å². The Bertz CT molecular complexity index is 182. The van der Waals surface area contributed by atoms with Crippen molar-refractivity contribution >= 4 is 0 Å². The van der Waals surface area contributed by atoms with E-state index in [9.17, 15) is 0 Å². The minimum Gasteiger partial charge on any atom is -0.327 e. The van der Waals surface area contributed by atoms with Gasteiger partial charge in [0.05, 0.1) is 0 Å². The van der Waals surface area contributed by atoms with Crippen LogP contribution in [0, 0.1) is 5.92 Å². The molecular formula is C14H30N2. The van der Waals surface area contributed by atoms with E-state index in [2.05, 4.69) is 25.7 Å². The molecule has 1 fully saturated rings. The Balaban J connectivity index is 2.41. The molecule has 0 aromatic carbocycles. The van der Waals surface area contributed by atoms with Gasteiger partial charge in [-0.3, -0.25) is 0 Å². The lowest BCUT2D eigenvalue weighted by Crippen LogP contribution is -2.41. The highest BCUT2D eigenvalue weighted by Gasteiger charge is 2.26. The van der Waals surface area contributed by atoms with Crippen molar-refractivity contribution in [2.24, 2.45) is 11.7 Å². The van der Waals surface area contributed by atoms with E-state index in [1.807, 2.05) is 0 Å². The largest absolute Gasteiger partial charge is 0.327 e. The van der Waals surface area contributed by atoms with Crippen LogP contribution < -0.4 is 5.73 Å². The summed E-state index contributed by atoms with van der Waals surface area (Å²) in [5, 5.41) is 0. The van der Waals surface area contributed by atoms with Crippen LogP contribution in [0.4, 0.5) is 0 Å². The quantitative estimate of drug-likeness (QED) is 0.723. The highest BCUT2D eigenvalue weighted by Crippen LogP contribution is 2.25. The third-order valence-corrected chi connectivity index (χ3v) is 4.20. The van der Waals surface area contributed by atoms with E-state index in [0.717, 1.165) is 12.0 Å². The normalized spacial score (nSPS) is 27.6. The molecule has 0 aliphatic heterocycles. The second kappa shape index (κ2) is 7.29. The molecule has 2 N–H and O–H groups in total. The summed E-state index contributed by atoms with van der Waals surface area (Å²) in [7, 11) is 0. The van der Waals surface area contributed by atoms with Crippen molar-refractivity contribution in [1.82, 2.24) is 4.90 Å². The summed E-state index contributed by atoms with van der Waals surface area (Å²) < 4.78 is 0. The van der Waals surface area contributed by atoms with Gasteiger partial charge in [0, 0.05) is 18.6 Å². The van der Waals surface area contributed by atoms with Crippen LogP contribution >= 0.6 is 0 Å². The molecule has 1 aliphatic carbocycles. The zero-order valence-electron chi connectivity index (χ0n) is 11.4. The summed E-state index contributed by atoms with van der Waals surface area (Å²) in [5.74, 6) is 0.755. The summed E-state index contributed by atoms with van der Waals surface area (Å²) in [5.41, 5.74) is 6.17. The van der Waals surface area contributed by atoms with Crippen LogP contribution in [0.5, 0.6) is 0 Å². The highest BCUT2D eigenvalue weighted by molar-refractivity contribution is 4.83. The predicted molar refractivity (Wildman–Crippen MR) is 71.6 cm³/mol. The van der Waals surface area contributed by atoms with Gasteiger partial charge in [0.2, 0.25) is 0 Å². The molecule has 0 aromatic rings. The summed E-state index contributed by atoms with van der Waals surface area (Å²) >= 11 is 0. The molecule has 3 unspecified atom stereocenters. The Morgan fingerprint density at radius 3 is 2.56 bits per heavy atom. The summed E-state index contributed by atoms with van der Waals surface area (Å²) in [6.45, 7) is 9.41. The third kappa shape index (κ3) is 4.06. The average molecular weight is 226 g/mol. The second-order valence-corrected chi connectivity index (χ2v) is 5.46. The maximum absolute atomic E-state index is 6.17. The molecule has 0 aromatic heterocycles. The second-order valence-electron chi connectivity index (χ2n) is 5.46. The van der Waals surface area contributed by atoms with Gasteiger partial charge in [-0.2, -0.15) is 0 Å². The summed E-state index contributed by atoms with van der Waals surface area (Å²) in [6, 6.07) is 1.19. The van der Waals surface area contributed by atoms with Gasteiger partial charge >= 0.3 is 0 Å². The molecule has 1 saturated carbocycles. The van der Waals surface area contributed by atoms with Crippen molar-refractivity contribution in [3.8, 4) is 0 Å². The van der Waals surface area contributed by atoms with Gasteiger partial charge in [-0.25, -0.2) is 0 Å². The Hall–Kier alpha value is -0.0800. The van der Waals surface area contributed by atoms with Crippen LogP contribution in [-0.2, 0) is 0 Å². The Kier molecular flexibility index (Phi) is 6.37. The van der Waals surface area contributed by atoms with Crippen LogP contribution in [0.25, 0.3) is 0 Å². The van der Waals surface area contributed by atoms with Gasteiger partial charge in [0.1, 0.15) is 0 Å². The van der Waals surface area contributed by atoms with Gasteiger partial charge in [-0.15, -0.1) is 0 Å². The van der Waals surface area contributed by atoms with E-state index < -0.39 is 0 Å². The zero-order valence-corrected chi connectivity index (χ0v) is 11.4. The molecule has 2 heteroatoms. The molecule has 96 valence electrons. The van der Waals surface area contributed by atoms with Gasteiger partial charge in [0.15, 0.2) is 0 Å². The minimum atomic E-state index is 0.466. The number of hydrogen-bond donors (Lipinski definition) is 1. The van der Waals surface area contributed by atoms with Gasteiger partial charge in [-0.05, 0) is 45.1 Å². The molecule has 1 rings (SSSR count). The SMILES string of the molecule is CCCCN(CC1CCCC1N)C(C)CC. The van der Waals surface area contributed by atoms with Crippen molar-refractivity contribution in [1.29, 1.82) is 0 Å². The lowest BCUT2D eigenvalue weighted by Gasteiger charge is -2.32. The fourth-order valence-electron chi connectivity index (χ4n) is 2.70. The predicted octanol–water partition coefficient (Wildman–Crippen LogP) is 3.01. The molecule has 0 heterocycles. The topological polar surface area (TPSA) is 29.3 Å². The maximum Gasteiger partial charge on any atom is 0.00793 e. The summed E-state index contributed by atoms with van der Waals surface area (Å²) in [4.78, 5) is 2.67. The molecule has 16 heavy (non-hydrogen) atoms. The smallest absolute Gasteiger partial charge is 0.00793 e. The van der Waals surface area contributed by atoms with E-state index in [1.165, 1.54) is 51.6 Å². The highest BCUT2D eigenvalue weighted by atomic mass is 15.1. The zero-order chi connectivity index (χ0) is 12.0. The van der Waals surface area contributed by atoms with E-state index in [-0.39, 0.29) is 0 Å². The fourth-order valence-corrected chi connectivity index (χ4v) is 2.70. The van der Waals surface area contributed by atoms with E-state index >= 15 is 0 Å². The van der Waals surface area contributed by atoms with E-state index in [0.29, 0.717) is 6.04 Å². The van der Waals surface area contributed by atoms with E-state index in [1.54, 1.807) is 0 Å². The molecule has 3 atom stereocenters. The number of hydrogen-bond acceptors (Lipinski definition) is 2. The van der Waals surface area contributed by atoms with Crippen molar-refractivity contribution in [2.75, 3.05) is 13.1 Å². The molecule has 0 radical (unpaired) electrons. The Morgan fingerprint density at radius 1 is 1.31 bits per heavy atom. The van der Waals surface area contributed by atoms with Gasteiger partial charge in [-0.1, -0.05) is 26.7 Å². The first-order valence-electron chi connectivity index (χ1n) is 7.18. The number of rotatable bonds is 7. The van der Waals surface area contributed by atoms with E-state index in [4.69, 9.17) is 5.73 Å². The Morgan fingerprint density at radius 2 is 2.06 bits per heavy atom. The number of nitrogens with zero attached hydrogens (tertiary/aromatic N) is 1. The first kappa shape index (κ1) is 14.0. The maximum atomic E-state index is 6.17. The molecule has 2 nitrogen and oxygen atoms in total. The van der Waals surface area contributed by atoms with Crippen molar-refractivity contribution in [3.05, 3.63) is 0 Å². The minimum absolute atomic E-state index is 0.466. The third-order valence-electron chi connectivity index (χ3n) is 4.20. The summed E-state index contributed by atoms with van der Waals surface area (Å²) in [6.07, 6.45) is 7.81. The monoisotopic (exact) mass is 226 g/mol. The molecule has 0 spiro atoms. The lowest BCUT2D eigenvalue weighted by atomic mass is 10.0. The van der Waals surface area contributed by atoms with Crippen LogP contribution in [0.15, 0.2) is 0 Å². The van der Waals surface area contributed by atoms with Gasteiger partial charge in [0.25, 0.3) is 0 Å². The molecule has 0 bridgehead atoms. The first-order valence-corrected chi connectivity index (χ1v) is 7.18. The van der Waals surface area contributed by atoms with Crippen LogP contribution in [-0.4, -0.2) is 30.1 Å². The van der Waals surface area contributed by atoms with Crippen LogP contribution in [0.3, 0.4) is 0 Å². The van der Waals surface area contributed by atoms with Crippen molar-refractivity contribution in [3.63, 3.8) is 0 Å². The number of unbranched alkanes of at least 4 members (excludes halogenated alkanes) is 1. The number of nitrogens with two attached hydrogens (primary N) is 1. The average Bonchev–Trinajstić information content (AvgIpc) is 2.69. The fraction of sp³-hybridized carbons (Fsp3) is 1.00. The molecule has 1 aliphatic rings. The van der Waals surface area contributed by atoms with Crippen molar-refractivity contribution < 1.29 is 0 Å². The lowest BCUT2D eigenvalue weighted by molar-refractivity contribution is 0.165. The van der Waals surface area contributed by atoms with Gasteiger partial charge < -0.3 is 10.6 Å². The van der Waals surface area contributed by atoms with Crippen LogP contribution in [0.1, 0.15) is 59.3 Å².